The second-order valence-corrected chi connectivity index (χ2v) is 2.03. The van der Waals surface area contributed by atoms with Crippen LogP contribution >= 0.6 is 0 Å². The molecule has 1 aromatic heterocycles. The quantitative estimate of drug-likeness (QED) is 0.524. The van der Waals surface area contributed by atoms with E-state index in [1.807, 2.05) is 0 Å². The lowest BCUT2D eigenvalue weighted by molar-refractivity contribution is 0.101. The number of aliphatic imine (C=N–C) groups is 1. The van der Waals surface area contributed by atoms with Crippen molar-refractivity contribution < 1.29 is 6.22 Å². The SMILES string of the molecule is O=C1N=Cc2ccncc21.[H+]. The van der Waals surface area contributed by atoms with Crippen molar-refractivity contribution in [1.29, 1.82) is 0 Å². The summed E-state index contributed by atoms with van der Waals surface area (Å²) in [6, 6.07) is 1.77. The van der Waals surface area contributed by atoms with E-state index >= 15 is 0 Å². The standard InChI is InChI=1S/C7H4N2O/c10-7-6-4-8-2-1-5(6)3-9-7/h1-4H/p+1. The minimum Gasteiger partial charge on any atom is -0.267 e. The van der Waals surface area contributed by atoms with Crippen LogP contribution in [0, 0.1) is 0 Å². The lowest BCUT2D eigenvalue weighted by Gasteiger charge is -1.89. The van der Waals surface area contributed by atoms with Crippen LogP contribution in [0.1, 0.15) is 17.3 Å². The van der Waals surface area contributed by atoms with E-state index in [-0.39, 0.29) is 7.33 Å². The fourth-order valence-corrected chi connectivity index (χ4v) is 0.894. The van der Waals surface area contributed by atoms with Gasteiger partial charge in [0.25, 0.3) is 5.91 Å². The van der Waals surface area contributed by atoms with E-state index in [9.17, 15) is 4.79 Å². The molecule has 2 heterocycles. The Morgan fingerprint density at radius 2 is 2.40 bits per heavy atom. The van der Waals surface area contributed by atoms with Gasteiger partial charge in [-0.05, 0) is 6.07 Å². The van der Waals surface area contributed by atoms with Crippen LogP contribution < -0.4 is 0 Å². The third-order valence-electron chi connectivity index (χ3n) is 1.41. The van der Waals surface area contributed by atoms with Crippen molar-refractivity contribution in [2.24, 2.45) is 4.99 Å². The Bertz CT molecular complexity index is 322. The number of fused-ring (bicyclic) bond motifs is 1. The Morgan fingerprint density at radius 3 is 3.20 bits per heavy atom. The maximum atomic E-state index is 10.8. The van der Waals surface area contributed by atoms with Crippen molar-refractivity contribution in [1.82, 2.24) is 4.98 Å². The molecule has 0 atom stereocenters. The van der Waals surface area contributed by atoms with Crippen LogP contribution in [0.3, 0.4) is 0 Å². The third kappa shape index (κ3) is 0.572. The summed E-state index contributed by atoms with van der Waals surface area (Å²) in [7, 11) is 0. The van der Waals surface area contributed by atoms with Gasteiger partial charge in [-0.25, -0.2) is 4.99 Å². The first kappa shape index (κ1) is 5.29. The lowest BCUT2D eigenvalue weighted by atomic mass is 10.2. The van der Waals surface area contributed by atoms with Gasteiger partial charge in [-0.2, -0.15) is 0 Å². The Balaban J connectivity index is 0.000000605. The maximum absolute atomic E-state index is 10.8. The minimum atomic E-state index is -0.192. The van der Waals surface area contributed by atoms with Crippen LogP contribution in [0.15, 0.2) is 23.5 Å². The number of nitrogens with zero attached hydrogens (tertiary/aromatic N) is 2. The maximum Gasteiger partial charge on any atom is 1.00 e. The molecule has 0 aliphatic carbocycles. The second-order valence-electron chi connectivity index (χ2n) is 2.03. The molecule has 1 amide bonds. The van der Waals surface area contributed by atoms with Gasteiger partial charge in [-0.1, -0.05) is 0 Å². The van der Waals surface area contributed by atoms with Crippen LogP contribution in [0.4, 0.5) is 0 Å². The summed E-state index contributed by atoms with van der Waals surface area (Å²) in [5.41, 5.74) is 1.46. The molecule has 0 spiro atoms. The van der Waals surface area contributed by atoms with Crippen molar-refractivity contribution in [3.63, 3.8) is 0 Å². The molecule has 1 aliphatic rings. The van der Waals surface area contributed by atoms with Gasteiger partial charge in [0.2, 0.25) is 0 Å². The van der Waals surface area contributed by atoms with E-state index in [2.05, 4.69) is 9.98 Å². The topological polar surface area (TPSA) is 42.3 Å². The Hall–Kier alpha value is -1.51. The van der Waals surface area contributed by atoms with Gasteiger partial charge in [0, 0.05) is 24.2 Å². The average Bonchev–Trinajstić information content (AvgIpc) is 2.34. The fraction of sp³-hybridized carbons (Fsp3) is 0. The van der Waals surface area contributed by atoms with Crippen molar-refractivity contribution in [3.05, 3.63) is 29.6 Å². The van der Waals surface area contributed by atoms with Crippen LogP contribution in [0.25, 0.3) is 0 Å². The smallest absolute Gasteiger partial charge is 0.267 e. The summed E-state index contributed by atoms with van der Waals surface area (Å²) in [4.78, 5) is 18.2. The predicted molar refractivity (Wildman–Crippen MR) is 37.3 cm³/mol. The summed E-state index contributed by atoms with van der Waals surface area (Å²) < 4.78 is 0. The molecule has 0 radical (unpaired) electrons. The summed E-state index contributed by atoms with van der Waals surface area (Å²) in [5.74, 6) is -0.192. The fourth-order valence-electron chi connectivity index (χ4n) is 0.894. The highest BCUT2D eigenvalue weighted by molar-refractivity contribution is 6.12. The summed E-state index contributed by atoms with van der Waals surface area (Å²) >= 11 is 0. The molecule has 0 unspecified atom stereocenters. The molecular weight excluding hydrogens is 128 g/mol. The molecule has 2 rings (SSSR count). The molecule has 0 bridgehead atoms. The number of hydrogen-bond acceptors (Lipinski definition) is 2. The highest BCUT2D eigenvalue weighted by Crippen LogP contribution is 2.11. The molecule has 0 saturated carbocycles. The average molecular weight is 133 g/mol. The Morgan fingerprint density at radius 1 is 1.50 bits per heavy atom. The predicted octanol–water partition coefficient (Wildman–Crippen LogP) is 0.767. The number of rotatable bonds is 0. The van der Waals surface area contributed by atoms with E-state index < -0.39 is 0 Å². The number of pyridine rings is 1. The minimum absolute atomic E-state index is 0. The molecular formula is C7H5N2O+. The zero-order chi connectivity index (χ0) is 6.97. The first-order chi connectivity index (χ1) is 4.88. The number of aromatic nitrogens is 1. The summed E-state index contributed by atoms with van der Waals surface area (Å²) in [5, 5.41) is 0. The molecule has 1 aliphatic heterocycles. The largest absolute Gasteiger partial charge is 1.00 e. The van der Waals surface area contributed by atoms with Crippen molar-refractivity contribution in [2.45, 2.75) is 0 Å². The number of carbonyl (C=O) groups excluding carboxylic acids is 1. The molecule has 10 heavy (non-hydrogen) atoms. The first-order valence-electron chi connectivity index (χ1n) is 2.90. The molecule has 3 heteroatoms. The van der Waals surface area contributed by atoms with Gasteiger partial charge in [0.15, 0.2) is 0 Å². The molecule has 0 fully saturated rings. The second kappa shape index (κ2) is 1.73. The van der Waals surface area contributed by atoms with Gasteiger partial charge in [-0.15, -0.1) is 0 Å². The molecule has 0 saturated heterocycles. The lowest BCUT2D eigenvalue weighted by Crippen LogP contribution is -1.91. The normalized spacial score (nSPS) is 13.8. The van der Waals surface area contributed by atoms with Gasteiger partial charge in [0.1, 0.15) is 0 Å². The number of amides is 1. The van der Waals surface area contributed by atoms with E-state index in [0.29, 0.717) is 5.56 Å². The van der Waals surface area contributed by atoms with Crippen molar-refractivity contribution >= 4 is 12.1 Å². The van der Waals surface area contributed by atoms with E-state index in [4.69, 9.17) is 0 Å². The third-order valence-corrected chi connectivity index (χ3v) is 1.41. The molecule has 1 aromatic rings. The molecule has 0 N–H and O–H groups in total. The number of carbonyl (C=O) groups is 1. The van der Waals surface area contributed by atoms with E-state index in [0.717, 1.165) is 5.56 Å². The summed E-state index contributed by atoms with van der Waals surface area (Å²) in [6.45, 7) is 0. The highest BCUT2D eigenvalue weighted by Gasteiger charge is 2.13. The van der Waals surface area contributed by atoms with Gasteiger partial charge in [0.05, 0.1) is 5.56 Å². The molecule has 3 nitrogen and oxygen atoms in total. The van der Waals surface area contributed by atoms with Gasteiger partial charge >= 0.3 is 1.43 Å². The summed E-state index contributed by atoms with van der Waals surface area (Å²) in [6.07, 6.45) is 4.73. The van der Waals surface area contributed by atoms with E-state index in [1.165, 1.54) is 6.20 Å². The monoisotopic (exact) mass is 133 g/mol. The highest BCUT2D eigenvalue weighted by atomic mass is 16.1. The van der Waals surface area contributed by atoms with Crippen LogP contribution in [0.5, 0.6) is 0 Å². The van der Waals surface area contributed by atoms with Crippen LogP contribution in [-0.2, 0) is 0 Å². The Labute approximate surface area is 58.9 Å². The van der Waals surface area contributed by atoms with Gasteiger partial charge in [-0.3, -0.25) is 9.78 Å². The van der Waals surface area contributed by atoms with Crippen LogP contribution in [0.2, 0.25) is 0 Å². The molecule has 48 valence electrons. The molecule has 0 aromatic carbocycles. The van der Waals surface area contributed by atoms with Gasteiger partial charge < -0.3 is 0 Å². The number of hydrogen-bond donors (Lipinski definition) is 0. The van der Waals surface area contributed by atoms with Crippen molar-refractivity contribution in [3.8, 4) is 0 Å². The van der Waals surface area contributed by atoms with Crippen LogP contribution in [-0.4, -0.2) is 17.1 Å². The zero-order valence-corrected chi connectivity index (χ0v) is 5.11. The first-order valence-corrected chi connectivity index (χ1v) is 2.90. The van der Waals surface area contributed by atoms with E-state index in [1.54, 1.807) is 18.5 Å². The van der Waals surface area contributed by atoms with Crippen molar-refractivity contribution in [2.75, 3.05) is 0 Å². The zero-order valence-electron chi connectivity index (χ0n) is 6.11. The Kier molecular flexibility index (Phi) is 0.917.